The zero-order valence-corrected chi connectivity index (χ0v) is 18.7. The lowest BCUT2D eigenvalue weighted by molar-refractivity contribution is -0.120. The predicted octanol–water partition coefficient (Wildman–Crippen LogP) is 3.66. The summed E-state index contributed by atoms with van der Waals surface area (Å²) in [6.45, 7) is 1.89. The molecule has 2 aliphatic rings. The summed E-state index contributed by atoms with van der Waals surface area (Å²) in [5.41, 5.74) is 1.73. The molecule has 0 atom stereocenters. The summed E-state index contributed by atoms with van der Waals surface area (Å²) < 4.78 is 5.53. The number of piperidine rings is 1. The Kier molecular flexibility index (Phi) is 6.03. The number of anilines is 1. The molecule has 0 N–H and O–H groups in total. The van der Waals surface area contributed by atoms with E-state index in [0.29, 0.717) is 33.3 Å². The minimum atomic E-state index is -0.391. The van der Waals surface area contributed by atoms with E-state index in [1.807, 2.05) is 30.1 Å². The van der Waals surface area contributed by atoms with Crippen LogP contribution in [0.1, 0.15) is 18.4 Å². The van der Waals surface area contributed by atoms with E-state index < -0.39 is 5.91 Å². The van der Waals surface area contributed by atoms with Gasteiger partial charge in [0.1, 0.15) is 11.4 Å². The standard InChI is InChI=1S/C24H26ClN3O3/c1-26-14-12-16(13-15-26)27(2)22-21(17-8-4-7-11-20(17)31-3)23(29)28(24(22)30)19-10-6-5-9-18(19)25/h4-11,16H,12-15H2,1-3H3. The van der Waals surface area contributed by atoms with Crippen molar-refractivity contribution in [3.8, 4) is 5.75 Å². The molecule has 6 nitrogen and oxygen atoms in total. The van der Waals surface area contributed by atoms with Gasteiger partial charge in [-0.05, 0) is 51.2 Å². The minimum absolute atomic E-state index is 0.166. The molecule has 0 aliphatic carbocycles. The highest BCUT2D eigenvalue weighted by Crippen LogP contribution is 2.40. The van der Waals surface area contributed by atoms with Crippen molar-refractivity contribution < 1.29 is 14.3 Å². The number of carbonyl (C=O) groups excluding carboxylic acids is 2. The Labute approximate surface area is 187 Å². The number of imide groups is 1. The maximum absolute atomic E-state index is 13.7. The largest absolute Gasteiger partial charge is 0.496 e. The van der Waals surface area contributed by atoms with Crippen molar-refractivity contribution in [2.45, 2.75) is 18.9 Å². The summed E-state index contributed by atoms with van der Waals surface area (Å²) in [6.07, 6.45) is 1.84. The van der Waals surface area contributed by atoms with E-state index in [4.69, 9.17) is 16.3 Å². The summed E-state index contributed by atoms with van der Waals surface area (Å²) in [7, 11) is 5.56. The van der Waals surface area contributed by atoms with Crippen LogP contribution in [0.5, 0.6) is 5.75 Å². The first-order chi connectivity index (χ1) is 14.9. The molecule has 0 radical (unpaired) electrons. The van der Waals surface area contributed by atoms with Gasteiger partial charge in [-0.2, -0.15) is 0 Å². The molecular weight excluding hydrogens is 414 g/mol. The predicted molar refractivity (Wildman–Crippen MR) is 122 cm³/mol. The number of methoxy groups -OCH3 is 1. The molecular formula is C24H26ClN3O3. The first kappa shape index (κ1) is 21.4. The van der Waals surface area contributed by atoms with Gasteiger partial charge in [0.15, 0.2) is 0 Å². The third-order valence-electron chi connectivity index (χ3n) is 6.12. The van der Waals surface area contributed by atoms with Crippen molar-refractivity contribution >= 4 is 34.7 Å². The van der Waals surface area contributed by atoms with E-state index in [1.54, 1.807) is 37.4 Å². The number of nitrogens with zero attached hydrogens (tertiary/aromatic N) is 3. The van der Waals surface area contributed by atoms with Crippen molar-refractivity contribution in [1.82, 2.24) is 9.80 Å². The molecule has 2 amide bonds. The van der Waals surface area contributed by atoms with Crippen LogP contribution in [-0.4, -0.2) is 62.0 Å². The lowest BCUT2D eigenvalue weighted by Gasteiger charge is -2.36. The van der Waals surface area contributed by atoms with Crippen LogP contribution < -0.4 is 9.64 Å². The summed E-state index contributed by atoms with van der Waals surface area (Å²) in [5.74, 6) is -0.202. The highest BCUT2D eigenvalue weighted by molar-refractivity contribution is 6.47. The Hall–Kier alpha value is -2.83. The summed E-state index contributed by atoms with van der Waals surface area (Å²) >= 11 is 6.37. The first-order valence-corrected chi connectivity index (χ1v) is 10.7. The Morgan fingerprint density at radius 3 is 2.32 bits per heavy atom. The third-order valence-corrected chi connectivity index (χ3v) is 6.44. The average Bonchev–Trinajstić information content (AvgIpc) is 3.04. The van der Waals surface area contributed by atoms with Crippen molar-refractivity contribution in [2.24, 2.45) is 0 Å². The van der Waals surface area contributed by atoms with Crippen LogP contribution in [0.2, 0.25) is 5.02 Å². The molecule has 2 aliphatic heterocycles. The fourth-order valence-electron chi connectivity index (χ4n) is 4.36. The van der Waals surface area contributed by atoms with Gasteiger partial charge in [0.25, 0.3) is 11.8 Å². The molecule has 31 heavy (non-hydrogen) atoms. The molecule has 0 aromatic heterocycles. The molecule has 7 heteroatoms. The van der Waals surface area contributed by atoms with Crippen LogP contribution in [0.25, 0.3) is 5.57 Å². The number of likely N-dealkylation sites (tertiary alicyclic amines) is 1. The molecule has 0 unspecified atom stereocenters. The van der Waals surface area contributed by atoms with Gasteiger partial charge in [-0.15, -0.1) is 0 Å². The minimum Gasteiger partial charge on any atom is -0.496 e. The van der Waals surface area contributed by atoms with Crippen LogP contribution in [-0.2, 0) is 9.59 Å². The van der Waals surface area contributed by atoms with Crippen molar-refractivity contribution in [3.05, 3.63) is 64.8 Å². The number of amides is 2. The Morgan fingerprint density at radius 2 is 1.65 bits per heavy atom. The fourth-order valence-corrected chi connectivity index (χ4v) is 4.58. The lowest BCUT2D eigenvalue weighted by atomic mass is 9.99. The number of rotatable bonds is 5. The van der Waals surface area contributed by atoms with E-state index in [1.165, 1.54) is 4.90 Å². The monoisotopic (exact) mass is 439 g/mol. The number of carbonyl (C=O) groups is 2. The van der Waals surface area contributed by atoms with Crippen LogP contribution in [0, 0.1) is 0 Å². The second-order valence-electron chi connectivity index (χ2n) is 7.97. The van der Waals surface area contributed by atoms with Crippen LogP contribution in [0.3, 0.4) is 0 Å². The quantitative estimate of drug-likeness (QED) is 0.665. The van der Waals surface area contributed by atoms with Crippen molar-refractivity contribution in [3.63, 3.8) is 0 Å². The van der Waals surface area contributed by atoms with E-state index >= 15 is 0 Å². The van der Waals surface area contributed by atoms with Gasteiger partial charge in [-0.1, -0.05) is 41.9 Å². The lowest BCUT2D eigenvalue weighted by Crippen LogP contribution is -2.43. The Bertz CT molecular complexity index is 1040. The van der Waals surface area contributed by atoms with Gasteiger partial charge in [-0.3, -0.25) is 9.59 Å². The van der Waals surface area contributed by atoms with Crippen molar-refractivity contribution in [2.75, 3.05) is 39.2 Å². The Balaban J connectivity index is 1.84. The van der Waals surface area contributed by atoms with Gasteiger partial charge in [0, 0.05) is 18.7 Å². The molecule has 0 bridgehead atoms. The highest BCUT2D eigenvalue weighted by atomic mass is 35.5. The zero-order valence-electron chi connectivity index (χ0n) is 18.0. The number of hydrogen-bond acceptors (Lipinski definition) is 5. The number of para-hydroxylation sites is 2. The molecule has 0 saturated carbocycles. The summed E-state index contributed by atoms with van der Waals surface area (Å²) in [5, 5.41) is 0.353. The van der Waals surface area contributed by atoms with Crippen LogP contribution >= 0.6 is 11.6 Å². The smallest absolute Gasteiger partial charge is 0.282 e. The highest BCUT2D eigenvalue weighted by Gasteiger charge is 2.44. The van der Waals surface area contributed by atoms with Gasteiger partial charge >= 0.3 is 0 Å². The van der Waals surface area contributed by atoms with E-state index in [2.05, 4.69) is 11.9 Å². The summed E-state index contributed by atoms with van der Waals surface area (Å²) in [6, 6.07) is 14.4. The van der Waals surface area contributed by atoms with Gasteiger partial charge < -0.3 is 14.5 Å². The average molecular weight is 440 g/mol. The van der Waals surface area contributed by atoms with Crippen molar-refractivity contribution in [1.29, 1.82) is 0 Å². The molecule has 2 aromatic rings. The number of halogens is 1. The number of ether oxygens (including phenoxy) is 1. The van der Waals surface area contributed by atoms with Gasteiger partial charge in [0.2, 0.25) is 0 Å². The first-order valence-electron chi connectivity index (χ1n) is 10.4. The number of benzene rings is 2. The van der Waals surface area contributed by atoms with Crippen LogP contribution in [0.15, 0.2) is 54.2 Å². The molecule has 0 spiro atoms. The molecule has 1 saturated heterocycles. The topological polar surface area (TPSA) is 53.1 Å². The Morgan fingerprint density at radius 1 is 1.00 bits per heavy atom. The second-order valence-corrected chi connectivity index (χ2v) is 8.37. The molecule has 2 aromatic carbocycles. The zero-order chi connectivity index (χ0) is 22.1. The van der Waals surface area contributed by atoms with Crippen LogP contribution in [0.4, 0.5) is 5.69 Å². The molecule has 2 heterocycles. The maximum Gasteiger partial charge on any atom is 0.282 e. The van der Waals surface area contributed by atoms with E-state index in [9.17, 15) is 9.59 Å². The van der Waals surface area contributed by atoms with E-state index in [0.717, 1.165) is 25.9 Å². The molecule has 1 fully saturated rings. The SMILES string of the molecule is COc1ccccc1C1=C(N(C)C2CCN(C)CC2)C(=O)N(c2ccccc2Cl)C1=O. The van der Waals surface area contributed by atoms with Gasteiger partial charge in [-0.25, -0.2) is 4.90 Å². The molecule has 4 rings (SSSR count). The van der Waals surface area contributed by atoms with Gasteiger partial charge in [0.05, 0.1) is 23.4 Å². The normalized spacial score (nSPS) is 18.1. The second kappa shape index (κ2) is 8.73. The third kappa shape index (κ3) is 3.82. The molecule has 162 valence electrons. The maximum atomic E-state index is 13.7. The van der Waals surface area contributed by atoms with E-state index in [-0.39, 0.29) is 11.9 Å². The summed E-state index contributed by atoms with van der Waals surface area (Å²) in [4.78, 5) is 32.8. The fraction of sp³-hybridized carbons (Fsp3) is 0.333. The number of likely N-dealkylation sites (N-methyl/N-ethyl adjacent to an activating group) is 1. The number of hydrogen-bond donors (Lipinski definition) is 0.